The SMILES string of the molecule is Cc1cc(C)c(C)c(S(=O)(=O)Nc2ccc(S(N)(=O)=O)cc2)c1C. The number of rotatable bonds is 4. The van der Waals surface area contributed by atoms with Crippen molar-refractivity contribution in [1.29, 1.82) is 0 Å². The van der Waals surface area contributed by atoms with Crippen molar-refractivity contribution in [1.82, 2.24) is 0 Å². The van der Waals surface area contributed by atoms with Crippen LogP contribution in [0.5, 0.6) is 0 Å². The van der Waals surface area contributed by atoms with Gasteiger partial charge < -0.3 is 0 Å². The van der Waals surface area contributed by atoms with Crippen molar-refractivity contribution in [3.05, 3.63) is 52.6 Å². The zero-order chi connectivity index (χ0) is 18.3. The van der Waals surface area contributed by atoms with Crippen molar-refractivity contribution in [2.75, 3.05) is 4.72 Å². The molecule has 2 aromatic carbocycles. The van der Waals surface area contributed by atoms with Crippen LogP contribution in [0.25, 0.3) is 0 Å². The summed E-state index contributed by atoms with van der Waals surface area (Å²) in [6.45, 7) is 7.25. The van der Waals surface area contributed by atoms with E-state index in [1.807, 2.05) is 19.9 Å². The van der Waals surface area contributed by atoms with Crippen LogP contribution in [0.2, 0.25) is 0 Å². The van der Waals surface area contributed by atoms with Crippen molar-refractivity contribution in [2.24, 2.45) is 5.14 Å². The van der Waals surface area contributed by atoms with E-state index in [1.165, 1.54) is 24.3 Å². The standard InChI is InChI=1S/C16H20N2O4S2/c1-10-9-11(2)13(4)16(12(10)3)24(21,22)18-14-5-7-15(8-6-14)23(17,19)20/h5-9,18H,1-4H3,(H2,17,19,20). The van der Waals surface area contributed by atoms with Gasteiger partial charge >= 0.3 is 0 Å². The van der Waals surface area contributed by atoms with Gasteiger partial charge in [-0.3, -0.25) is 4.72 Å². The fraction of sp³-hybridized carbons (Fsp3) is 0.250. The smallest absolute Gasteiger partial charge is 0.262 e. The molecule has 0 fully saturated rings. The first-order valence-electron chi connectivity index (χ1n) is 7.16. The highest BCUT2D eigenvalue weighted by Gasteiger charge is 2.22. The van der Waals surface area contributed by atoms with Gasteiger partial charge in [-0.25, -0.2) is 22.0 Å². The van der Waals surface area contributed by atoms with Gasteiger partial charge in [0, 0.05) is 5.69 Å². The Balaban J connectivity index is 2.47. The summed E-state index contributed by atoms with van der Waals surface area (Å²) in [6, 6.07) is 7.20. The molecule has 0 spiro atoms. The number of hydrogen-bond acceptors (Lipinski definition) is 4. The van der Waals surface area contributed by atoms with Gasteiger partial charge in [-0.2, -0.15) is 0 Å². The minimum absolute atomic E-state index is 0.0794. The third kappa shape index (κ3) is 3.61. The fourth-order valence-electron chi connectivity index (χ4n) is 2.50. The van der Waals surface area contributed by atoms with E-state index in [9.17, 15) is 16.8 Å². The molecule has 2 aromatic rings. The van der Waals surface area contributed by atoms with Crippen molar-refractivity contribution < 1.29 is 16.8 Å². The van der Waals surface area contributed by atoms with Crippen LogP contribution in [0.15, 0.2) is 40.1 Å². The quantitative estimate of drug-likeness (QED) is 0.864. The Morgan fingerprint density at radius 2 is 1.29 bits per heavy atom. The molecule has 3 N–H and O–H groups in total. The maximum atomic E-state index is 12.8. The van der Waals surface area contributed by atoms with Gasteiger partial charge in [0.15, 0.2) is 0 Å². The Morgan fingerprint density at radius 1 is 0.833 bits per heavy atom. The maximum absolute atomic E-state index is 12.8. The molecule has 0 aliphatic heterocycles. The van der Waals surface area contributed by atoms with Crippen LogP contribution in [0, 0.1) is 27.7 Å². The number of anilines is 1. The molecule has 0 aliphatic carbocycles. The number of primary sulfonamides is 1. The molecular weight excluding hydrogens is 348 g/mol. The Labute approximate surface area is 142 Å². The molecule has 0 saturated heterocycles. The lowest BCUT2D eigenvalue weighted by Crippen LogP contribution is -2.17. The van der Waals surface area contributed by atoms with Gasteiger partial charge in [-0.05, 0) is 74.2 Å². The van der Waals surface area contributed by atoms with E-state index >= 15 is 0 Å². The van der Waals surface area contributed by atoms with Crippen LogP contribution in [0.1, 0.15) is 22.3 Å². The Hall–Kier alpha value is -1.90. The molecule has 6 nitrogen and oxygen atoms in total. The topological polar surface area (TPSA) is 106 Å². The summed E-state index contributed by atoms with van der Waals surface area (Å²) in [4.78, 5) is 0.166. The van der Waals surface area contributed by atoms with Crippen molar-refractivity contribution >= 4 is 25.7 Å². The molecule has 0 aromatic heterocycles. The third-order valence-corrected chi connectivity index (χ3v) is 6.58. The third-order valence-electron chi connectivity index (χ3n) is 4.00. The molecule has 0 radical (unpaired) electrons. The summed E-state index contributed by atoms with van der Waals surface area (Å²) in [5.74, 6) is 0. The molecule has 0 amide bonds. The lowest BCUT2D eigenvalue weighted by atomic mass is 10.0. The van der Waals surface area contributed by atoms with Gasteiger partial charge in [0.25, 0.3) is 10.0 Å². The molecule has 0 bridgehead atoms. The first-order chi connectivity index (χ1) is 10.9. The molecule has 0 saturated carbocycles. The van der Waals surface area contributed by atoms with Crippen LogP contribution in [0.3, 0.4) is 0 Å². The zero-order valence-corrected chi connectivity index (χ0v) is 15.5. The number of aryl methyl sites for hydroxylation is 2. The highest BCUT2D eigenvalue weighted by Crippen LogP contribution is 2.28. The maximum Gasteiger partial charge on any atom is 0.262 e. The summed E-state index contributed by atoms with van der Waals surface area (Å²) in [6.07, 6.45) is 0. The van der Waals surface area contributed by atoms with E-state index in [0.29, 0.717) is 11.1 Å². The van der Waals surface area contributed by atoms with Crippen LogP contribution < -0.4 is 9.86 Å². The molecule has 24 heavy (non-hydrogen) atoms. The van der Waals surface area contributed by atoms with Crippen molar-refractivity contribution in [3.63, 3.8) is 0 Å². The van der Waals surface area contributed by atoms with Crippen LogP contribution >= 0.6 is 0 Å². The van der Waals surface area contributed by atoms with Gasteiger partial charge in [-0.15, -0.1) is 0 Å². The first kappa shape index (κ1) is 18.4. The fourth-order valence-corrected chi connectivity index (χ4v) is 4.69. The highest BCUT2D eigenvalue weighted by atomic mass is 32.2. The number of nitrogens with one attached hydrogen (secondary N) is 1. The van der Waals surface area contributed by atoms with Gasteiger partial charge in [0.05, 0.1) is 9.79 Å². The summed E-state index contributed by atoms with van der Waals surface area (Å²) >= 11 is 0. The van der Waals surface area contributed by atoms with E-state index in [4.69, 9.17) is 5.14 Å². The van der Waals surface area contributed by atoms with Gasteiger partial charge in [0.1, 0.15) is 0 Å². The lowest BCUT2D eigenvalue weighted by molar-refractivity contribution is 0.597. The molecule has 130 valence electrons. The number of nitrogens with two attached hydrogens (primary N) is 1. The predicted molar refractivity (Wildman–Crippen MR) is 94.0 cm³/mol. The number of benzene rings is 2. The largest absolute Gasteiger partial charge is 0.280 e. The van der Waals surface area contributed by atoms with Crippen LogP contribution in [0.4, 0.5) is 5.69 Å². The van der Waals surface area contributed by atoms with E-state index in [-0.39, 0.29) is 15.5 Å². The summed E-state index contributed by atoms with van der Waals surface area (Å²) in [5.41, 5.74) is 3.42. The van der Waals surface area contributed by atoms with E-state index < -0.39 is 20.0 Å². The molecule has 0 atom stereocenters. The second-order valence-corrected chi connectivity index (χ2v) is 8.95. The molecule has 0 aliphatic rings. The van der Waals surface area contributed by atoms with Crippen molar-refractivity contribution in [3.8, 4) is 0 Å². The predicted octanol–water partition coefficient (Wildman–Crippen LogP) is 2.37. The van der Waals surface area contributed by atoms with Gasteiger partial charge in [-0.1, -0.05) is 6.07 Å². The first-order valence-corrected chi connectivity index (χ1v) is 10.2. The Morgan fingerprint density at radius 3 is 1.71 bits per heavy atom. The average Bonchev–Trinajstić information content (AvgIpc) is 2.44. The van der Waals surface area contributed by atoms with E-state index in [2.05, 4.69) is 4.72 Å². The summed E-state index contributed by atoms with van der Waals surface area (Å²) in [7, 11) is -7.62. The normalized spacial score (nSPS) is 12.2. The lowest BCUT2D eigenvalue weighted by Gasteiger charge is -2.16. The molecular formula is C16H20N2O4S2. The second kappa shape index (κ2) is 6.19. The van der Waals surface area contributed by atoms with Gasteiger partial charge in [0.2, 0.25) is 10.0 Å². The molecule has 0 unspecified atom stereocenters. The monoisotopic (exact) mass is 368 g/mol. The second-order valence-electron chi connectivity index (χ2n) is 5.76. The number of sulfonamides is 2. The Kier molecular flexibility index (Phi) is 4.76. The van der Waals surface area contributed by atoms with Crippen LogP contribution in [-0.4, -0.2) is 16.8 Å². The molecule has 0 heterocycles. The van der Waals surface area contributed by atoms with E-state index in [0.717, 1.165) is 11.1 Å². The van der Waals surface area contributed by atoms with E-state index in [1.54, 1.807) is 13.8 Å². The highest BCUT2D eigenvalue weighted by molar-refractivity contribution is 7.92. The Bertz CT molecular complexity index is 967. The molecule has 2 rings (SSSR count). The minimum atomic E-state index is -3.82. The van der Waals surface area contributed by atoms with Crippen LogP contribution in [-0.2, 0) is 20.0 Å². The summed E-state index contributed by atoms with van der Waals surface area (Å²) in [5, 5.41) is 5.03. The zero-order valence-electron chi connectivity index (χ0n) is 13.9. The summed E-state index contributed by atoms with van der Waals surface area (Å²) < 4.78 is 50.5. The van der Waals surface area contributed by atoms with Crippen molar-refractivity contribution in [2.45, 2.75) is 37.5 Å². The number of hydrogen-bond donors (Lipinski definition) is 2. The average molecular weight is 368 g/mol. The minimum Gasteiger partial charge on any atom is -0.280 e. The molecule has 8 heteroatoms.